The second-order valence-electron chi connectivity index (χ2n) is 6.79. The van der Waals surface area contributed by atoms with Crippen molar-refractivity contribution in [2.24, 2.45) is 5.92 Å². The molecule has 1 N–H and O–H groups in total. The fourth-order valence-electron chi connectivity index (χ4n) is 3.06. The van der Waals surface area contributed by atoms with Crippen LogP contribution in [0.5, 0.6) is 0 Å². The molecule has 6 nitrogen and oxygen atoms in total. The highest BCUT2D eigenvalue weighted by atomic mass is 16.2. The molecule has 1 heterocycles. The predicted molar refractivity (Wildman–Crippen MR) is 105 cm³/mol. The van der Waals surface area contributed by atoms with E-state index in [1.807, 2.05) is 19.9 Å². The van der Waals surface area contributed by atoms with E-state index in [0.717, 1.165) is 0 Å². The van der Waals surface area contributed by atoms with Gasteiger partial charge in [-0.2, -0.15) is 0 Å². The molecule has 1 amide bonds. The quantitative estimate of drug-likeness (QED) is 0.704. The van der Waals surface area contributed by atoms with E-state index in [1.54, 1.807) is 42.5 Å². The second-order valence-corrected chi connectivity index (χ2v) is 6.79. The minimum Gasteiger partial charge on any atom is -0.324 e. The lowest BCUT2D eigenvalue weighted by Gasteiger charge is -2.22. The molecule has 3 rings (SSSR count). The molecule has 1 aromatic heterocycles. The summed E-state index contributed by atoms with van der Waals surface area (Å²) in [6.45, 7) is 5.22. The molecule has 0 bridgehead atoms. The van der Waals surface area contributed by atoms with Crippen LogP contribution in [-0.4, -0.2) is 21.2 Å². The molecule has 0 radical (unpaired) electrons. The largest absolute Gasteiger partial charge is 0.324 e. The van der Waals surface area contributed by atoms with Gasteiger partial charge in [-0.05, 0) is 37.1 Å². The van der Waals surface area contributed by atoms with E-state index in [4.69, 9.17) is 0 Å². The molecule has 0 unspecified atom stereocenters. The first-order valence-electron chi connectivity index (χ1n) is 8.76. The van der Waals surface area contributed by atoms with E-state index in [2.05, 4.69) is 10.3 Å². The Balaban J connectivity index is 1.98. The number of rotatable bonds is 5. The molecule has 0 saturated carbocycles. The van der Waals surface area contributed by atoms with Gasteiger partial charge in [-0.15, -0.1) is 0 Å². The van der Waals surface area contributed by atoms with Crippen molar-refractivity contribution in [2.75, 3.05) is 5.32 Å². The van der Waals surface area contributed by atoms with Gasteiger partial charge in [0.25, 0.3) is 5.56 Å². The number of hydrogen-bond donors (Lipinski definition) is 1. The number of para-hydroxylation sites is 1. The molecule has 0 aliphatic rings. The lowest BCUT2D eigenvalue weighted by Crippen LogP contribution is -2.36. The van der Waals surface area contributed by atoms with Crippen molar-refractivity contribution in [1.29, 1.82) is 0 Å². The first kappa shape index (κ1) is 18.5. The zero-order valence-corrected chi connectivity index (χ0v) is 15.5. The van der Waals surface area contributed by atoms with Crippen molar-refractivity contribution in [2.45, 2.75) is 26.8 Å². The zero-order valence-electron chi connectivity index (χ0n) is 15.5. The molecular weight excluding hydrogens is 342 g/mol. The molecule has 2 aromatic carbocycles. The summed E-state index contributed by atoms with van der Waals surface area (Å²) in [6, 6.07) is 13.1. The molecule has 138 valence electrons. The third-order valence-corrected chi connectivity index (χ3v) is 4.43. The number of aromatic nitrogens is 2. The van der Waals surface area contributed by atoms with Gasteiger partial charge in [-0.25, -0.2) is 4.98 Å². The van der Waals surface area contributed by atoms with E-state index in [-0.39, 0.29) is 23.2 Å². The number of anilines is 1. The van der Waals surface area contributed by atoms with Crippen molar-refractivity contribution < 1.29 is 9.59 Å². The summed E-state index contributed by atoms with van der Waals surface area (Å²) < 4.78 is 1.37. The molecule has 0 aliphatic carbocycles. The fourth-order valence-corrected chi connectivity index (χ4v) is 3.06. The van der Waals surface area contributed by atoms with Crippen molar-refractivity contribution in [3.63, 3.8) is 0 Å². The number of nitrogens with one attached hydrogen (secondary N) is 1. The van der Waals surface area contributed by atoms with E-state index in [9.17, 15) is 14.4 Å². The van der Waals surface area contributed by atoms with Gasteiger partial charge in [0, 0.05) is 11.3 Å². The number of ketones is 1. The Hall–Kier alpha value is -3.28. The second kappa shape index (κ2) is 7.53. The fraction of sp³-hybridized carbons (Fsp3) is 0.238. The van der Waals surface area contributed by atoms with Crippen LogP contribution in [0.15, 0.2) is 59.7 Å². The number of carbonyl (C=O) groups excluding carboxylic acids is 2. The molecule has 0 saturated heterocycles. The predicted octanol–water partition coefficient (Wildman–Crippen LogP) is 3.43. The Kier molecular flexibility index (Phi) is 5.16. The van der Waals surface area contributed by atoms with Gasteiger partial charge < -0.3 is 5.32 Å². The van der Waals surface area contributed by atoms with Crippen molar-refractivity contribution in [3.05, 3.63) is 70.8 Å². The van der Waals surface area contributed by atoms with Crippen LogP contribution in [0, 0.1) is 5.92 Å². The summed E-state index contributed by atoms with van der Waals surface area (Å²) in [5, 5.41) is 3.28. The molecular formula is C21H21N3O3. The number of benzene rings is 2. The lowest BCUT2D eigenvalue weighted by atomic mass is 10.0. The van der Waals surface area contributed by atoms with Crippen LogP contribution in [0.3, 0.4) is 0 Å². The summed E-state index contributed by atoms with van der Waals surface area (Å²) in [4.78, 5) is 41.7. The molecule has 3 aromatic rings. The summed E-state index contributed by atoms with van der Waals surface area (Å²) >= 11 is 0. The lowest BCUT2D eigenvalue weighted by molar-refractivity contribution is -0.120. The van der Waals surface area contributed by atoms with Crippen LogP contribution < -0.4 is 10.9 Å². The SMILES string of the molecule is CC(=O)c1cccc(NC(=O)[C@H](C(C)C)n2cnc3ccccc3c2=O)c1. The Morgan fingerprint density at radius 3 is 2.52 bits per heavy atom. The smallest absolute Gasteiger partial charge is 0.261 e. The maximum atomic E-state index is 12.9. The Morgan fingerprint density at radius 2 is 1.81 bits per heavy atom. The maximum absolute atomic E-state index is 12.9. The van der Waals surface area contributed by atoms with Gasteiger partial charge in [0.15, 0.2) is 5.78 Å². The van der Waals surface area contributed by atoms with Crippen LogP contribution in [0.25, 0.3) is 10.9 Å². The molecule has 0 aliphatic heterocycles. The first-order chi connectivity index (χ1) is 12.9. The summed E-state index contributed by atoms with van der Waals surface area (Å²) in [5.74, 6) is -0.548. The number of fused-ring (bicyclic) bond motifs is 1. The molecule has 27 heavy (non-hydrogen) atoms. The maximum Gasteiger partial charge on any atom is 0.261 e. The highest BCUT2D eigenvalue weighted by Crippen LogP contribution is 2.20. The van der Waals surface area contributed by atoms with Crippen LogP contribution in [0.2, 0.25) is 0 Å². The minimum absolute atomic E-state index is 0.0820. The number of nitrogens with zero attached hydrogens (tertiary/aromatic N) is 2. The molecule has 0 spiro atoms. The standard InChI is InChI=1S/C21H21N3O3/c1-13(2)19(20(26)23-16-8-6-7-15(11-16)14(3)25)24-12-22-18-10-5-4-9-17(18)21(24)27/h4-13,19H,1-3H3,(H,23,26)/t19-/m0/s1. The zero-order chi connectivity index (χ0) is 19.6. The monoisotopic (exact) mass is 363 g/mol. The molecule has 0 fully saturated rings. The Bertz CT molecular complexity index is 1070. The van der Waals surface area contributed by atoms with Crippen LogP contribution in [-0.2, 0) is 4.79 Å². The average Bonchev–Trinajstić information content (AvgIpc) is 2.64. The molecule has 1 atom stereocenters. The third-order valence-electron chi connectivity index (χ3n) is 4.43. The van der Waals surface area contributed by atoms with E-state index >= 15 is 0 Å². The van der Waals surface area contributed by atoms with E-state index in [0.29, 0.717) is 22.2 Å². The van der Waals surface area contributed by atoms with Gasteiger partial charge in [0.05, 0.1) is 17.2 Å². The van der Waals surface area contributed by atoms with Gasteiger partial charge in [0.1, 0.15) is 6.04 Å². The highest BCUT2D eigenvalue weighted by Gasteiger charge is 2.26. The minimum atomic E-state index is -0.726. The van der Waals surface area contributed by atoms with Crippen LogP contribution in [0.4, 0.5) is 5.69 Å². The third kappa shape index (κ3) is 3.79. The van der Waals surface area contributed by atoms with E-state index in [1.165, 1.54) is 17.8 Å². The van der Waals surface area contributed by atoms with Gasteiger partial charge >= 0.3 is 0 Å². The average molecular weight is 363 g/mol. The van der Waals surface area contributed by atoms with Crippen molar-refractivity contribution in [3.8, 4) is 0 Å². The van der Waals surface area contributed by atoms with Crippen molar-refractivity contribution in [1.82, 2.24) is 9.55 Å². The number of carbonyl (C=O) groups is 2. The Labute approximate surface area is 156 Å². The van der Waals surface area contributed by atoms with Crippen molar-refractivity contribution >= 4 is 28.3 Å². The number of Topliss-reactive ketones (excluding diaryl/α,β-unsaturated/α-hetero) is 1. The number of amides is 1. The summed E-state index contributed by atoms with van der Waals surface area (Å²) in [6.07, 6.45) is 1.42. The van der Waals surface area contributed by atoms with Crippen LogP contribution in [0.1, 0.15) is 37.2 Å². The highest BCUT2D eigenvalue weighted by molar-refractivity contribution is 5.98. The van der Waals surface area contributed by atoms with Gasteiger partial charge in [-0.1, -0.05) is 38.1 Å². The van der Waals surface area contributed by atoms with E-state index < -0.39 is 6.04 Å². The first-order valence-corrected chi connectivity index (χ1v) is 8.76. The molecule has 6 heteroatoms. The summed E-state index contributed by atoms with van der Waals surface area (Å²) in [5.41, 5.74) is 1.36. The normalized spacial score (nSPS) is 12.1. The van der Waals surface area contributed by atoms with Gasteiger partial charge in [0.2, 0.25) is 5.91 Å². The summed E-state index contributed by atoms with van der Waals surface area (Å²) in [7, 11) is 0. The topological polar surface area (TPSA) is 81.1 Å². The van der Waals surface area contributed by atoms with Crippen LogP contribution >= 0.6 is 0 Å². The Morgan fingerprint density at radius 1 is 1.07 bits per heavy atom. The number of hydrogen-bond acceptors (Lipinski definition) is 4. The van der Waals surface area contributed by atoms with Gasteiger partial charge in [-0.3, -0.25) is 19.0 Å².